The second kappa shape index (κ2) is 5.59. The molecule has 0 saturated carbocycles. The number of carbonyl (C=O) groups is 1. The maximum atomic E-state index is 12.3. The Hall–Kier alpha value is -1.58. The fourth-order valence-corrected chi connectivity index (χ4v) is 2.94. The summed E-state index contributed by atoms with van der Waals surface area (Å²) in [7, 11) is 0. The summed E-state index contributed by atoms with van der Waals surface area (Å²) in [5, 5.41) is 0. The molecule has 1 aromatic heterocycles. The second-order valence-corrected chi connectivity index (χ2v) is 5.45. The summed E-state index contributed by atoms with van der Waals surface area (Å²) in [5.74, 6) is 0.613. The van der Waals surface area contributed by atoms with Gasteiger partial charge in [-0.25, -0.2) is 0 Å². The van der Waals surface area contributed by atoms with Gasteiger partial charge < -0.3 is 9.47 Å². The summed E-state index contributed by atoms with van der Waals surface area (Å²) in [6.45, 7) is 8.52. The van der Waals surface area contributed by atoms with E-state index in [4.69, 9.17) is 0 Å². The summed E-state index contributed by atoms with van der Waals surface area (Å²) < 4.78 is 1.65. The molecule has 19 heavy (non-hydrogen) atoms. The lowest BCUT2D eigenvalue weighted by Crippen LogP contribution is -2.37. The van der Waals surface area contributed by atoms with Gasteiger partial charge in [-0.3, -0.25) is 9.59 Å². The normalized spacial score (nSPS) is 19.5. The molecule has 0 radical (unpaired) electrons. The summed E-state index contributed by atoms with van der Waals surface area (Å²) in [5.41, 5.74) is 1.88. The van der Waals surface area contributed by atoms with Gasteiger partial charge in [-0.2, -0.15) is 0 Å². The van der Waals surface area contributed by atoms with Crippen LogP contribution in [0.25, 0.3) is 0 Å². The minimum absolute atomic E-state index is 0.161. The number of carbonyl (C=O) groups excluding carboxylic acids is 1. The maximum absolute atomic E-state index is 12.3. The SMILES string of the molecule is CCn1c(C)cc(N2CCCC(C)C2)c(C=O)c1=O. The van der Waals surface area contributed by atoms with Gasteiger partial charge >= 0.3 is 0 Å². The van der Waals surface area contributed by atoms with Crippen LogP contribution in [0.1, 0.15) is 42.7 Å². The van der Waals surface area contributed by atoms with Crippen LogP contribution in [0.15, 0.2) is 10.9 Å². The van der Waals surface area contributed by atoms with Crippen LogP contribution in [0.4, 0.5) is 5.69 Å². The van der Waals surface area contributed by atoms with Crippen LogP contribution in [-0.2, 0) is 6.54 Å². The first-order chi connectivity index (χ1) is 9.08. The number of aldehydes is 1. The highest BCUT2D eigenvalue weighted by atomic mass is 16.1. The van der Waals surface area contributed by atoms with Gasteiger partial charge in [-0.05, 0) is 38.7 Å². The van der Waals surface area contributed by atoms with E-state index in [-0.39, 0.29) is 5.56 Å². The quantitative estimate of drug-likeness (QED) is 0.784. The number of hydrogen-bond acceptors (Lipinski definition) is 3. The van der Waals surface area contributed by atoms with Crippen molar-refractivity contribution in [3.8, 4) is 0 Å². The van der Waals surface area contributed by atoms with E-state index in [1.807, 2.05) is 19.9 Å². The largest absolute Gasteiger partial charge is 0.370 e. The van der Waals surface area contributed by atoms with E-state index < -0.39 is 0 Å². The Morgan fingerprint density at radius 1 is 1.47 bits per heavy atom. The molecule has 2 heterocycles. The van der Waals surface area contributed by atoms with E-state index in [0.717, 1.165) is 30.9 Å². The predicted molar refractivity (Wildman–Crippen MR) is 77.1 cm³/mol. The zero-order valence-electron chi connectivity index (χ0n) is 12.0. The minimum atomic E-state index is -0.161. The number of aryl methyl sites for hydroxylation is 1. The Bertz CT molecular complexity index is 534. The first-order valence-corrected chi connectivity index (χ1v) is 7.03. The predicted octanol–water partition coefficient (Wildman–Crippen LogP) is 2.23. The molecular weight excluding hydrogens is 240 g/mol. The fraction of sp³-hybridized carbons (Fsp3) is 0.600. The van der Waals surface area contributed by atoms with Gasteiger partial charge in [0.2, 0.25) is 0 Å². The average molecular weight is 262 g/mol. The van der Waals surface area contributed by atoms with E-state index in [2.05, 4.69) is 11.8 Å². The van der Waals surface area contributed by atoms with Gasteiger partial charge in [0.05, 0.1) is 5.69 Å². The molecule has 1 aliphatic rings. The number of anilines is 1. The summed E-state index contributed by atoms with van der Waals surface area (Å²) in [4.78, 5) is 25.8. The van der Waals surface area contributed by atoms with E-state index in [0.29, 0.717) is 24.3 Å². The van der Waals surface area contributed by atoms with Crippen molar-refractivity contribution in [1.29, 1.82) is 0 Å². The van der Waals surface area contributed by atoms with Crippen LogP contribution in [0, 0.1) is 12.8 Å². The van der Waals surface area contributed by atoms with Gasteiger partial charge in [0.15, 0.2) is 6.29 Å². The molecule has 4 nitrogen and oxygen atoms in total. The van der Waals surface area contributed by atoms with Gasteiger partial charge in [0, 0.05) is 25.3 Å². The van der Waals surface area contributed by atoms with Crippen molar-refractivity contribution in [2.75, 3.05) is 18.0 Å². The molecule has 0 bridgehead atoms. The number of piperidine rings is 1. The molecule has 1 fully saturated rings. The number of rotatable bonds is 3. The summed E-state index contributed by atoms with van der Waals surface area (Å²) in [6.07, 6.45) is 3.05. The zero-order chi connectivity index (χ0) is 14.0. The van der Waals surface area contributed by atoms with Crippen molar-refractivity contribution in [3.63, 3.8) is 0 Å². The van der Waals surface area contributed by atoms with E-state index in [9.17, 15) is 9.59 Å². The molecule has 0 spiro atoms. The van der Waals surface area contributed by atoms with E-state index >= 15 is 0 Å². The van der Waals surface area contributed by atoms with Gasteiger partial charge in [-0.1, -0.05) is 6.92 Å². The van der Waals surface area contributed by atoms with Crippen LogP contribution >= 0.6 is 0 Å². The Morgan fingerprint density at radius 3 is 2.79 bits per heavy atom. The molecule has 2 rings (SSSR count). The van der Waals surface area contributed by atoms with Gasteiger partial charge in [-0.15, -0.1) is 0 Å². The van der Waals surface area contributed by atoms with Crippen molar-refractivity contribution < 1.29 is 4.79 Å². The third kappa shape index (κ3) is 2.57. The topological polar surface area (TPSA) is 42.3 Å². The third-order valence-electron chi connectivity index (χ3n) is 3.95. The Balaban J connectivity index is 2.51. The number of pyridine rings is 1. The maximum Gasteiger partial charge on any atom is 0.263 e. The highest BCUT2D eigenvalue weighted by molar-refractivity contribution is 5.84. The molecule has 1 saturated heterocycles. The third-order valence-corrected chi connectivity index (χ3v) is 3.95. The van der Waals surface area contributed by atoms with Crippen molar-refractivity contribution in [3.05, 3.63) is 27.7 Å². The summed E-state index contributed by atoms with van der Waals surface area (Å²) >= 11 is 0. The molecule has 0 aromatic carbocycles. The van der Waals surface area contributed by atoms with Crippen LogP contribution < -0.4 is 10.5 Å². The molecule has 1 unspecified atom stereocenters. The summed E-state index contributed by atoms with van der Waals surface area (Å²) in [6, 6.07) is 1.98. The fourth-order valence-electron chi connectivity index (χ4n) is 2.94. The molecule has 0 N–H and O–H groups in total. The van der Waals surface area contributed by atoms with Crippen LogP contribution in [0.3, 0.4) is 0 Å². The second-order valence-electron chi connectivity index (χ2n) is 5.45. The molecule has 104 valence electrons. The monoisotopic (exact) mass is 262 g/mol. The molecule has 4 heteroatoms. The van der Waals surface area contributed by atoms with Crippen molar-refractivity contribution in [2.45, 2.75) is 40.2 Å². The van der Waals surface area contributed by atoms with E-state index in [1.165, 1.54) is 6.42 Å². The van der Waals surface area contributed by atoms with Crippen molar-refractivity contribution in [2.24, 2.45) is 5.92 Å². The van der Waals surface area contributed by atoms with Crippen molar-refractivity contribution in [1.82, 2.24) is 4.57 Å². The Morgan fingerprint density at radius 2 is 2.21 bits per heavy atom. The standard InChI is InChI=1S/C15H22N2O2/c1-4-17-12(3)8-14(13(10-18)15(17)19)16-7-5-6-11(2)9-16/h8,10-11H,4-7,9H2,1-3H3. The molecule has 1 aliphatic heterocycles. The van der Waals surface area contributed by atoms with Gasteiger partial charge in [0.25, 0.3) is 5.56 Å². The van der Waals surface area contributed by atoms with Crippen LogP contribution in [0.2, 0.25) is 0 Å². The van der Waals surface area contributed by atoms with Crippen LogP contribution in [-0.4, -0.2) is 23.9 Å². The zero-order valence-corrected chi connectivity index (χ0v) is 12.0. The highest BCUT2D eigenvalue weighted by Crippen LogP contribution is 2.24. The lowest BCUT2D eigenvalue weighted by molar-refractivity contribution is 0.112. The Kier molecular flexibility index (Phi) is 4.08. The smallest absolute Gasteiger partial charge is 0.263 e. The number of aromatic nitrogens is 1. The van der Waals surface area contributed by atoms with Gasteiger partial charge in [0.1, 0.15) is 5.56 Å². The molecule has 0 aliphatic carbocycles. The number of hydrogen-bond donors (Lipinski definition) is 0. The molecule has 1 aromatic rings. The minimum Gasteiger partial charge on any atom is -0.370 e. The first-order valence-electron chi connectivity index (χ1n) is 7.03. The average Bonchev–Trinajstić information content (AvgIpc) is 2.38. The highest BCUT2D eigenvalue weighted by Gasteiger charge is 2.21. The van der Waals surface area contributed by atoms with Crippen molar-refractivity contribution >= 4 is 12.0 Å². The molecule has 1 atom stereocenters. The Labute approximate surface area is 114 Å². The number of nitrogens with zero attached hydrogens (tertiary/aromatic N) is 2. The van der Waals surface area contributed by atoms with E-state index in [1.54, 1.807) is 4.57 Å². The lowest BCUT2D eigenvalue weighted by atomic mass is 9.99. The lowest BCUT2D eigenvalue weighted by Gasteiger charge is -2.33. The molecular formula is C15H22N2O2. The molecule has 0 amide bonds. The first kappa shape index (κ1) is 13.8. The van der Waals surface area contributed by atoms with Crippen LogP contribution in [0.5, 0.6) is 0 Å².